The summed E-state index contributed by atoms with van der Waals surface area (Å²) in [5.41, 5.74) is 0.450. The average Bonchev–Trinajstić information content (AvgIpc) is 2.24. The van der Waals surface area contributed by atoms with Crippen LogP contribution in [0.1, 0.15) is 58.3 Å². The molecule has 0 spiro atoms. The highest BCUT2D eigenvalue weighted by atomic mass is 16.3. The van der Waals surface area contributed by atoms with Crippen LogP contribution in [0, 0.1) is 11.3 Å². The maximum absolute atomic E-state index is 9.13. The minimum Gasteiger partial charge on any atom is -0.396 e. The van der Waals surface area contributed by atoms with Crippen LogP contribution in [0.4, 0.5) is 0 Å². The maximum atomic E-state index is 9.13. The van der Waals surface area contributed by atoms with E-state index in [2.05, 4.69) is 12.2 Å². The van der Waals surface area contributed by atoms with E-state index in [4.69, 9.17) is 5.11 Å². The molecule has 2 rings (SSSR count). The first kappa shape index (κ1) is 12.4. The van der Waals surface area contributed by atoms with Gasteiger partial charge in [0.1, 0.15) is 0 Å². The molecule has 0 bridgehead atoms. The van der Waals surface area contributed by atoms with Crippen molar-refractivity contribution < 1.29 is 5.11 Å². The molecule has 0 radical (unpaired) electrons. The van der Waals surface area contributed by atoms with E-state index >= 15 is 0 Å². The quantitative estimate of drug-likeness (QED) is 0.754. The number of aliphatic hydroxyl groups excluding tert-OH is 1. The molecule has 0 heterocycles. The first-order valence-electron chi connectivity index (χ1n) is 7.10. The van der Waals surface area contributed by atoms with Gasteiger partial charge in [0.05, 0.1) is 0 Å². The van der Waals surface area contributed by atoms with Crippen LogP contribution in [0.25, 0.3) is 0 Å². The summed E-state index contributed by atoms with van der Waals surface area (Å²) < 4.78 is 0. The summed E-state index contributed by atoms with van der Waals surface area (Å²) in [7, 11) is 0. The Morgan fingerprint density at radius 3 is 2.50 bits per heavy atom. The minimum atomic E-state index is 0.363. The van der Waals surface area contributed by atoms with E-state index < -0.39 is 0 Å². The summed E-state index contributed by atoms with van der Waals surface area (Å²) in [4.78, 5) is 0. The number of nitrogens with one attached hydrogen (secondary N) is 1. The lowest BCUT2D eigenvalue weighted by molar-refractivity contribution is 0.0770. The van der Waals surface area contributed by atoms with Gasteiger partial charge in [0.25, 0.3) is 0 Å². The van der Waals surface area contributed by atoms with E-state index in [0.717, 1.165) is 24.9 Å². The number of hydrogen-bond acceptors (Lipinski definition) is 2. The second-order valence-electron chi connectivity index (χ2n) is 6.08. The van der Waals surface area contributed by atoms with Crippen molar-refractivity contribution in [1.29, 1.82) is 0 Å². The average molecular weight is 225 g/mol. The molecule has 16 heavy (non-hydrogen) atoms. The molecule has 2 heteroatoms. The van der Waals surface area contributed by atoms with Gasteiger partial charge in [-0.2, -0.15) is 0 Å². The lowest BCUT2D eigenvalue weighted by Crippen LogP contribution is -2.47. The second kappa shape index (κ2) is 5.50. The minimum absolute atomic E-state index is 0.363. The van der Waals surface area contributed by atoms with Crippen molar-refractivity contribution in [1.82, 2.24) is 5.32 Å². The Morgan fingerprint density at radius 1 is 1.19 bits per heavy atom. The highest BCUT2D eigenvalue weighted by Crippen LogP contribution is 2.43. The van der Waals surface area contributed by atoms with Gasteiger partial charge in [-0.3, -0.25) is 0 Å². The standard InChI is InChI=1S/C14H27NO/c1-12-5-2-3-6-13(12)15-11-14(9-10-16)7-4-8-14/h12-13,15-16H,2-11H2,1H3. The molecule has 2 aliphatic rings. The number of rotatable bonds is 5. The number of hydrogen-bond donors (Lipinski definition) is 2. The third kappa shape index (κ3) is 2.78. The Balaban J connectivity index is 1.76. The highest BCUT2D eigenvalue weighted by Gasteiger charge is 2.36. The van der Waals surface area contributed by atoms with Crippen LogP contribution in [-0.2, 0) is 0 Å². The summed E-state index contributed by atoms with van der Waals surface area (Å²) in [6.45, 7) is 3.89. The molecular formula is C14H27NO. The molecule has 2 nitrogen and oxygen atoms in total. The van der Waals surface area contributed by atoms with Crippen molar-refractivity contribution in [3.8, 4) is 0 Å². The van der Waals surface area contributed by atoms with Crippen molar-refractivity contribution in [2.24, 2.45) is 11.3 Å². The molecule has 2 aliphatic carbocycles. The molecule has 0 saturated heterocycles. The fraction of sp³-hybridized carbons (Fsp3) is 1.00. The molecule has 0 aliphatic heterocycles. The molecule has 2 saturated carbocycles. The van der Waals surface area contributed by atoms with Crippen LogP contribution >= 0.6 is 0 Å². The second-order valence-corrected chi connectivity index (χ2v) is 6.08. The summed E-state index contributed by atoms with van der Waals surface area (Å²) >= 11 is 0. The molecule has 0 aromatic heterocycles. The zero-order chi connectivity index (χ0) is 11.4. The van der Waals surface area contributed by atoms with E-state index in [-0.39, 0.29) is 0 Å². The summed E-state index contributed by atoms with van der Waals surface area (Å²) in [6.07, 6.45) is 10.6. The van der Waals surface area contributed by atoms with E-state index in [9.17, 15) is 0 Å². The van der Waals surface area contributed by atoms with Gasteiger partial charge in [0, 0.05) is 19.2 Å². The summed E-state index contributed by atoms with van der Waals surface area (Å²) in [6, 6.07) is 0.741. The molecule has 94 valence electrons. The molecule has 2 atom stereocenters. The Kier molecular flexibility index (Phi) is 4.26. The van der Waals surface area contributed by atoms with Crippen molar-refractivity contribution >= 4 is 0 Å². The van der Waals surface area contributed by atoms with Gasteiger partial charge in [-0.05, 0) is 43.4 Å². The van der Waals surface area contributed by atoms with Crippen LogP contribution < -0.4 is 5.32 Å². The van der Waals surface area contributed by atoms with Crippen LogP contribution in [0.15, 0.2) is 0 Å². The monoisotopic (exact) mass is 225 g/mol. The van der Waals surface area contributed by atoms with E-state index in [1.165, 1.54) is 44.9 Å². The van der Waals surface area contributed by atoms with Crippen molar-refractivity contribution in [2.75, 3.05) is 13.2 Å². The van der Waals surface area contributed by atoms with Crippen molar-refractivity contribution in [2.45, 2.75) is 64.3 Å². The van der Waals surface area contributed by atoms with Gasteiger partial charge in [-0.1, -0.05) is 26.2 Å². The van der Waals surface area contributed by atoms with Gasteiger partial charge in [0.15, 0.2) is 0 Å². The van der Waals surface area contributed by atoms with Crippen LogP contribution in [0.3, 0.4) is 0 Å². The van der Waals surface area contributed by atoms with Crippen LogP contribution in [0.2, 0.25) is 0 Å². The van der Waals surface area contributed by atoms with Gasteiger partial charge in [-0.15, -0.1) is 0 Å². The summed E-state index contributed by atoms with van der Waals surface area (Å²) in [5.74, 6) is 0.847. The lowest BCUT2D eigenvalue weighted by atomic mass is 9.66. The highest BCUT2D eigenvalue weighted by molar-refractivity contribution is 4.91. The van der Waals surface area contributed by atoms with Gasteiger partial charge in [0.2, 0.25) is 0 Å². The molecule has 2 unspecified atom stereocenters. The molecule has 2 N–H and O–H groups in total. The Bertz CT molecular complexity index is 213. The van der Waals surface area contributed by atoms with Crippen LogP contribution in [-0.4, -0.2) is 24.3 Å². The molecule has 0 aromatic rings. The number of aliphatic hydroxyl groups is 1. The zero-order valence-electron chi connectivity index (χ0n) is 10.7. The Labute approximate surface area is 99.8 Å². The zero-order valence-corrected chi connectivity index (χ0v) is 10.7. The van der Waals surface area contributed by atoms with E-state index in [0.29, 0.717) is 12.0 Å². The topological polar surface area (TPSA) is 32.3 Å². The SMILES string of the molecule is CC1CCCCC1NCC1(CCO)CCC1. The Morgan fingerprint density at radius 2 is 1.94 bits per heavy atom. The first-order chi connectivity index (χ1) is 7.76. The lowest BCUT2D eigenvalue weighted by Gasteiger charge is -2.44. The van der Waals surface area contributed by atoms with Gasteiger partial charge in [-0.25, -0.2) is 0 Å². The molecule has 2 fully saturated rings. The molecular weight excluding hydrogens is 198 g/mol. The van der Waals surface area contributed by atoms with Gasteiger partial charge < -0.3 is 10.4 Å². The van der Waals surface area contributed by atoms with E-state index in [1.807, 2.05) is 0 Å². The summed E-state index contributed by atoms with van der Waals surface area (Å²) in [5, 5.41) is 12.9. The van der Waals surface area contributed by atoms with Crippen molar-refractivity contribution in [3.05, 3.63) is 0 Å². The largest absolute Gasteiger partial charge is 0.396 e. The third-order valence-electron chi connectivity index (χ3n) is 4.91. The van der Waals surface area contributed by atoms with Crippen molar-refractivity contribution in [3.63, 3.8) is 0 Å². The third-order valence-corrected chi connectivity index (χ3v) is 4.91. The smallest absolute Gasteiger partial charge is 0.0436 e. The normalized spacial score (nSPS) is 33.4. The van der Waals surface area contributed by atoms with Crippen LogP contribution in [0.5, 0.6) is 0 Å². The molecule has 0 amide bonds. The predicted molar refractivity (Wildman–Crippen MR) is 67.4 cm³/mol. The predicted octanol–water partition coefficient (Wildman–Crippen LogP) is 2.71. The van der Waals surface area contributed by atoms with E-state index in [1.54, 1.807) is 0 Å². The fourth-order valence-corrected chi connectivity index (χ4v) is 3.40. The molecule has 0 aromatic carbocycles. The van der Waals surface area contributed by atoms with Gasteiger partial charge >= 0.3 is 0 Å². The fourth-order valence-electron chi connectivity index (χ4n) is 3.40. The maximum Gasteiger partial charge on any atom is 0.0436 e. The first-order valence-corrected chi connectivity index (χ1v) is 7.10. The Hall–Kier alpha value is -0.0800.